The zero-order valence-electron chi connectivity index (χ0n) is 23.3. The molecule has 0 aliphatic carbocycles. The van der Waals surface area contributed by atoms with E-state index in [9.17, 15) is 0 Å². The summed E-state index contributed by atoms with van der Waals surface area (Å²) in [5.41, 5.74) is 5.36. The number of allylic oxidation sites excluding steroid dienone is 2. The van der Waals surface area contributed by atoms with Crippen LogP contribution in [-0.2, 0) is 6.42 Å². The van der Waals surface area contributed by atoms with E-state index in [1.54, 1.807) is 5.57 Å². The van der Waals surface area contributed by atoms with Gasteiger partial charge in [0.05, 0.1) is 6.10 Å². The van der Waals surface area contributed by atoms with Crippen molar-refractivity contribution in [1.29, 1.82) is 0 Å². The molecule has 1 aromatic carbocycles. The molecule has 0 spiro atoms. The molecule has 2 heteroatoms. The molecule has 0 aromatic heterocycles. The van der Waals surface area contributed by atoms with Crippen molar-refractivity contribution in [3.8, 4) is 11.5 Å². The van der Waals surface area contributed by atoms with Gasteiger partial charge in [0, 0.05) is 5.56 Å². The van der Waals surface area contributed by atoms with E-state index >= 15 is 0 Å². The van der Waals surface area contributed by atoms with Crippen molar-refractivity contribution in [2.75, 3.05) is 0 Å². The molecule has 2 unspecified atom stereocenters. The molecule has 188 valence electrons. The summed E-state index contributed by atoms with van der Waals surface area (Å²) in [6, 6.07) is 2.17. The summed E-state index contributed by atoms with van der Waals surface area (Å²) in [5, 5.41) is 0. The second kappa shape index (κ2) is 12.9. The van der Waals surface area contributed by atoms with Crippen LogP contribution in [0.15, 0.2) is 17.7 Å². The Labute approximate surface area is 205 Å². The maximum absolute atomic E-state index is 6.67. The van der Waals surface area contributed by atoms with Gasteiger partial charge in [0.25, 0.3) is 0 Å². The molecule has 2 rings (SSSR count). The van der Waals surface area contributed by atoms with E-state index in [2.05, 4.69) is 74.5 Å². The predicted molar refractivity (Wildman–Crippen MR) is 144 cm³/mol. The van der Waals surface area contributed by atoms with Gasteiger partial charge in [0.1, 0.15) is 17.1 Å². The molecule has 0 fully saturated rings. The standard InChI is InChI=1S/C31H52O2/c1-22(2)13-10-14-24(5)15-11-16-25(6)17-12-19-31(9)20-18-28-27(8)29(32-23(3)4)21-26(7)30(28)33-31/h15,21-23,25H,10-14,16-20H2,1-9H3/b24-15+. The van der Waals surface area contributed by atoms with Crippen LogP contribution in [0.3, 0.4) is 0 Å². The van der Waals surface area contributed by atoms with Crippen LogP contribution in [0.5, 0.6) is 11.5 Å². The Morgan fingerprint density at radius 3 is 2.48 bits per heavy atom. The zero-order valence-corrected chi connectivity index (χ0v) is 23.3. The second-order valence-electron chi connectivity index (χ2n) is 11.8. The monoisotopic (exact) mass is 456 g/mol. The minimum Gasteiger partial charge on any atom is -0.491 e. The van der Waals surface area contributed by atoms with Crippen molar-refractivity contribution in [3.05, 3.63) is 34.4 Å². The Balaban J connectivity index is 1.80. The molecule has 0 saturated heterocycles. The zero-order chi connectivity index (χ0) is 24.6. The fourth-order valence-electron chi connectivity index (χ4n) is 5.08. The van der Waals surface area contributed by atoms with E-state index in [4.69, 9.17) is 9.47 Å². The van der Waals surface area contributed by atoms with Gasteiger partial charge in [-0.1, -0.05) is 45.3 Å². The number of benzene rings is 1. The third kappa shape index (κ3) is 9.02. The lowest BCUT2D eigenvalue weighted by Crippen LogP contribution is -2.37. The quantitative estimate of drug-likeness (QED) is 0.275. The van der Waals surface area contributed by atoms with Crippen molar-refractivity contribution in [2.45, 2.75) is 138 Å². The minimum atomic E-state index is -0.0444. The van der Waals surface area contributed by atoms with E-state index in [1.165, 1.54) is 61.6 Å². The Morgan fingerprint density at radius 2 is 1.82 bits per heavy atom. The number of ether oxygens (including phenoxy) is 2. The number of hydrogen-bond acceptors (Lipinski definition) is 2. The summed E-state index contributed by atoms with van der Waals surface area (Å²) < 4.78 is 12.7. The Bertz CT molecular complexity index is 774. The molecular formula is C31H52O2. The summed E-state index contributed by atoms with van der Waals surface area (Å²) >= 11 is 0. The van der Waals surface area contributed by atoms with Gasteiger partial charge in [-0.3, -0.25) is 0 Å². The van der Waals surface area contributed by atoms with Crippen LogP contribution in [-0.4, -0.2) is 11.7 Å². The van der Waals surface area contributed by atoms with Gasteiger partial charge in [-0.2, -0.15) is 0 Å². The van der Waals surface area contributed by atoms with Gasteiger partial charge in [-0.25, -0.2) is 0 Å². The Hall–Kier alpha value is -1.44. The van der Waals surface area contributed by atoms with E-state index in [0.29, 0.717) is 0 Å². The molecule has 0 N–H and O–H groups in total. The number of rotatable bonds is 13. The molecule has 0 bridgehead atoms. The number of hydrogen-bond donors (Lipinski definition) is 0. The van der Waals surface area contributed by atoms with E-state index in [0.717, 1.165) is 42.6 Å². The Morgan fingerprint density at radius 1 is 1.09 bits per heavy atom. The molecule has 1 heterocycles. The summed E-state index contributed by atoms with van der Waals surface area (Å²) in [7, 11) is 0. The lowest BCUT2D eigenvalue weighted by molar-refractivity contribution is 0.0512. The summed E-state index contributed by atoms with van der Waals surface area (Å²) in [4.78, 5) is 0. The van der Waals surface area contributed by atoms with Gasteiger partial charge < -0.3 is 9.47 Å². The van der Waals surface area contributed by atoms with Crippen LogP contribution >= 0.6 is 0 Å². The largest absolute Gasteiger partial charge is 0.491 e. The van der Waals surface area contributed by atoms with Crippen LogP contribution in [0.25, 0.3) is 0 Å². The predicted octanol–water partition coefficient (Wildman–Crippen LogP) is 9.53. The molecular weight excluding hydrogens is 404 g/mol. The van der Waals surface area contributed by atoms with Crippen LogP contribution < -0.4 is 9.47 Å². The molecule has 2 nitrogen and oxygen atoms in total. The first-order chi connectivity index (χ1) is 15.5. The fourth-order valence-corrected chi connectivity index (χ4v) is 5.08. The van der Waals surface area contributed by atoms with Crippen molar-refractivity contribution in [3.63, 3.8) is 0 Å². The van der Waals surface area contributed by atoms with E-state index in [-0.39, 0.29) is 11.7 Å². The van der Waals surface area contributed by atoms with Crippen LogP contribution in [0.4, 0.5) is 0 Å². The van der Waals surface area contributed by atoms with Gasteiger partial charge >= 0.3 is 0 Å². The Kier molecular flexibility index (Phi) is 10.8. The van der Waals surface area contributed by atoms with Crippen molar-refractivity contribution in [1.82, 2.24) is 0 Å². The first-order valence-corrected chi connectivity index (χ1v) is 13.6. The minimum absolute atomic E-state index is 0.0444. The highest BCUT2D eigenvalue weighted by atomic mass is 16.5. The highest BCUT2D eigenvalue weighted by molar-refractivity contribution is 5.54. The lowest BCUT2D eigenvalue weighted by Gasteiger charge is -2.38. The topological polar surface area (TPSA) is 18.5 Å². The summed E-state index contributed by atoms with van der Waals surface area (Å²) in [6.45, 7) is 20.2. The van der Waals surface area contributed by atoms with Gasteiger partial charge in [-0.05, 0) is 122 Å². The summed E-state index contributed by atoms with van der Waals surface area (Å²) in [5.74, 6) is 3.74. The van der Waals surface area contributed by atoms with Gasteiger partial charge in [0.15, 0.2) is 0 Å². The molecule has 0 amide bonds. The normalized spacial score (nSPS) is 19.5. The van der Waals surface area contributed by atoms with Crippen molar-refractivity contribution >= 4 is 0 Å². The molecule has 1 aliphatic rings. The highest BCUT2D eigenvalue weighted by Crippen LogP contribution is 2.43. The maximum Gasteiger partial charge on any atom is 0.126 e. The smallest absolute Gasteiger partial charge is 0.126 e. The van der Waals surface area contributed by atoms with Crippen molar-refractivity contribution in [2.24, 2.45) is 11.8 Å². The van der Waals surface area contributed by atoms with Crippen LogP contribution in [0.2, 0.25) is 0 Å². The SMILES string of the molecule is C/C(=C\CCC(C)CCCC1(C)CCc2c(C)c(OC(C)C)cc(C)c2O1)CCCC(C)C. The van der Waals surface area contributed by atoms with Gasteiger partial charge in [-0.15, -0.1) is 0 Å². The lowest BCUT2D eigenvalue weighted by atomic mass is 9.84. The molecule has 1 aromatic rings. The summed E-state index contributed by atoms with van der Waals surface area (Å²) in [6.07, 6.45) is 15.0. The van der Waals surface area contributed by atoms with E-state index in [1.807, 2.05) is 0 Å². The maximum atomic E-state index is 6.67. The van der Waals surface area contributed by atoms with Crippen molar-refractivity contribution < 1.29 is 9.47 Å². The second-order valence-corrected chi connectivity index (χ2v) is 11.8. The molecule has 2 atom stereocenters. The van der Waals surface area contributed by atoms with Gasteiger partial charge in [0.2, 0.25) is 0 Å². The average molecular weight is 457 g/mol. The number of fused-ring (bicyclic) bond motifs is 1. The molecule has 0 saturated carbocycles. The molecule has 1 aliphatic heterocycles. The first kappa shape index (κ1) is 27.8. The number of aryl methyl sites for hydroxylation is 1. The first-order valence-electron chi connectivity index (χ1n) is 13.6. The molecule has 0 radical (unpaired) electrons. The average Bonchev–Trinajstić information content (AvgIpc) is 2.71. The third-order valence-electron chi connectivity index (χ3n) is 7.32. The van der Waals surface area contributed by atoms with Crippen LogP contribution in [0, 0.1) is 25.7 Å². The molecule has 33 heavy (non-hydrogen) atoms. The van der Waals surface area contributed by atoms with E-state index < -0.39 is 0 Å². The van der Waals surface area contributed by atoms with Crippen LogP contribution in [0.1, 0.15) is 123 Å². The highest BCUT2D eigenvalue weighted by Gasteiger charge is 2.33. The third-order valence-corrected chi connectivity index (χ3v) is 7.32. The fraction of sp³-hybridized carbons (Fsp3) is 0.742.